The second-order valence-corrected chi connectivity index (χ2v) is 4.61. The minimum atomic E-state index is 0.260. The Morgan fingerprint density at radius 2 is 2.15 bits per heavy atom. The van der Waals surface area contributed by atoms with Gasteiger partial charge in [0.05, 0.1) is 0 Å². The smallest absolute Gasteiger partial charge is 0.231 e. The molecule has 2 aromatic rings. The van der Waals surface area contributed by atoms with E-state index in [1.165, 1.54) is 0 Å². The molecule has 0 aliphatic carbocycles. The lowest BCUT2D eigenvalue weighted by molar-refractivity contribution is 0.174. The zero-order chi connectivity index (χ0) is 13.9. The van der Waals surface area contributed by atoms with Crippen molar-refractivity contribution in [1.29, 1.82) is 0 Å². The molecule has 7 heteroatoms. The number of nitrogens with zero attached hydrogens (tertiary/aromatic N) is 2. The van der Waals surface area contributed by atoms with E-state index in [-0.39, 0.29) is 6.79 Å². The third kappa shape index (κ3) is 2.67. The van der Waals surface area contributed by atoms with Crippen LogP contribution in [0.5, 0.6) is 11.5 Å². The maximum absolute atomic E-state index is 5.32. The fraction of sp³-hybridized carbons (Fsp3) is 0.231. The molecule has 0 radical (unpaired) electrons. The van der Waals surface area contributed by atoms with Crippen LogP contribution in [0, 0.1) is 0 Å². The van der Waals surface area contributed by atoms with Crippen molar-refractivity contribution in [3.8, 4) is 11.5 Å². The Labute approximate surface area is 121 Å². The first kappa shape index (κ1) is 12.7. The zero-order valence-electron chi connectivity index (χ0n) is 10.9. The first-order valence-electron chi connectivity index (χ1n) is 6.25. The summed E-state index contributed by atoms with van der Waals surface area (Å²) in [5.74, 6) is 2.18. The quantitative estimate of drug-likeness (QED) is 0.847. The van der Waals surface area contributed by atoms with Crippen LogP contribution in [0.3, 0.4) is 0 Å². The number of aromatic nitrogens is 2. The SMILES string of the molecule is CCn1ccc(NC(=S)Nc2ccc3c(c2)OCO3)n1. The minimum Gasteiger partial charge on any atom is -0.454 e. The standard InChI is InChI=1S/C13H14N4O2S/c1-2-17-6-5-12(16-17)15-13(20)14-9-3-4-10-11(7-9)19-8-18-10/h3-7H,2,8H2,1H3,(H2,14,15,16,20). The molecule has 0 amide bonds. The third-order valence-electron chi connectivity index (χ3n) is 2.84. The second kappa shape index (κ2) is 5.38. The molecule has 0 unspecified atom stereocenters. The Morgan fingerprint density at radius 3 is 2.95 bits per heavy atom. The highest BCUT2D eigenvalue weighted by atomic mass is 32.1. The normalized spacial score (nSPS) is 12.2. The second-order valence-electron chi connectivity index (χ2n) is 4.20. The largest absolute Gasteiger partial charge is 0.454 e. The molecule has 0 spiro atoms. The van der Waals surface area contributed by atoms with E-state index >= 15 is 0 Å². The lowest BCUT2D eigenvalue weighted by atomic mass is 10.3. The van der Waals surface area contributed by atoms with Crippen molar-refractivity contribution in [3.05, 3.63) is 30.5 Å². The number of thiocarbonyl (C=S) groups is 1. The Bertz CT molecular complexity index is 641. The van der Waals surface area contributed by atoms with Gasteiger partial charge in [0.2, 0.25) is 6.79 Å². The van der Waals surface area contributed by atoms with Gasteiger partial charge < -0.3 is 20.1 Å². The van der Waals surface area contributed by atoms with Crippen LogP contribution < -0.4 is 20.1 Å². The van der Waals surface area contributed by atoms with E-state index in [9.17, 15) is 0 Å². The Hall–Kier alpha value is -2.28. The molecular weight excluding hydrogens is 276 g/mol. The van der Waals surface area contributed by atoms with E-state index in [0.717, 1.165) is 18.0 Å². The first-order chi connectivity index (χ1) is 9.74. The summed E-state index contributed by atoms with van der Waals surface area (Å²) in [6, 6.07) is 7.45. The highest BCUT2D eigenvalue weighted by molar-refractivity contribution is 7.80. The van der Waals surface area contributed by atoms with Gasteiger partial charge in [0, 0.05) is 30.6 Å². The molecule has 1 aromatic carbocycles. The predicted molar refractivity (Wildman–Crippen MR) is 80.3 cm³/mol. The molecule has 2 heterocycles. The van der Waals surface area contributed by atoms with Gasteiger partial charge in [0.15, 0.2) is 22.4 Å². The first-order valence-corrected chi connectivity index (χ1v) is 6.66. The molecule has 0 atom stereocenters. The van der Waals surface area contributed by atoms with E-state index in [0.29, 0.717) is 16.7 Å². The van der Waals surface area contributed by atoms with Gasteiger partial charge in [-0.2, -0.15) is 5.10 Å². The lowest BCUT2D eigenvalue weighted by Gasteiger charge is -2.09. The van der Waals surface area contributed by atoms with Crippen LogP contribution in [0.4, 0.5) is 11.5 Å². The fourth-order valence-electron chi connectivity index (χ4n) is 1.86. The van der Waals surface area contributed by atoms with Crippen molar-refractivity contribution >= 4 is 28.8 Å². The number of hydrogen-bond acceptors (Lipinski definition) is 4. The number of aryl methyl sites for hydroxylation is 1. The Balaban J connectivity index is 1.64. The molecule has 1 aliphatic rings. The number of ether oxygens (including phenoxy) is 2. The van der Waals surface area contributed by atoms with Gasteiger partial charge in [-0.25, -0.2) is 0 Å². The predicted octanol–water partition coefficient (Wildman–Crippen LogP) is 2.44. The van der Waals surface area contributed by atoms with Crippen molar-refractivity contribution in [2.24, 2.45) is 0 Å². The summed E-state index contributed by atoms with van der Waals surface area (Å²) in [7, 11) is 0. The molecule has 1 aliphatic heterocycles. The summed E-state index contributed by atoms with van der Waals surface area (Å²) in [5.41, 5.74) is 0.835. The van der Waals surface area contributed by atoms with Gasteiger partial charge in [-0.3, -0.25) is 4.68 Å². The van der Waals surface area contributed by atoms with E-state index in [4.69, 9.17) is 21.7 Å². The van der Waals surface area contributed by atoms with Gasteiger partial charge in [0.25, 0.3) is 0 Å². The van der Waals surface area contributed by atoms with Gasteiger partial charge in [-0.05, 0) is 31.3 Å². The van der Waals surface area contributed by atoms with E-state index in [1.807, 2.05) is 42.1 Å². The monoisotopic (exact) mass is 290 g/mol. The minimum absolute atomic E-state index is 0.260. The Morgan fingerprint density at radius 1 is 1.30 bits per heavy atom. The highest BCUT2D eigenvalue weighted by Crippen LogP contribution is 2.34. The molecule has 2 N–H and O–H groups in total. The number of fused-ring (bicyclic) bond motifs is 1. The van der Waals surface area contributed by atoms with Crippen LogP contribution in [-0.4, -0.2) is 21.7 Å². The summed E-state index contributed by atoms with van der Waals surface area (Å²) in [6.45, 7) is 3.11. The third-order valence-corrected chi connectivity index (χ3v) is 3.04. The number of anilines is 2. The fourth-order valence-corrected chi connectivity index (χ4v) is 2.08. The number of rotatable bonds is 3. The summed E-state index contributed by atoms with van der Waals surface area (Å²) in [6.07, 6.45) is 1.89. The van der Waals surface area contributed by atoms with Crippen LogP contribution >= 0.6 is 12.2 Å². The van der Waals surface area contributed by atoms with E-state index in [1.54, 1.807) is 0 Å². The zero-order valence-corrected chi connectivity index (χ0v) is 11.7. The molecule has 0 fully saturated rings. The summed E-state index contributed by atoms with van der Waals surface area (Å²) < 4.78 is 12.4. The van der Waals surface area contributed by atoms with Crippen LogP contribution in [0.25, 0.3) is 0 Å². The van der Waals surface area contributed by atoms with Gasteiger partial charge in [-0.1, -0.05) is 0 Å². The molecule has 0 saturated carbocycles. The average molecular weight is 290 g/mol. The molecule has 0 bridgehead atoms. The molecule has 3 rings (SSSR count). The summed E-state index contributed by atoms with van der Waals surface area (Å²) in [5, 5.41) is 10.9. The average Bonchev–Trinajstić information content (AvgIpc) is 3.06. The molecule has 1 aromatic heterocycles. The highest BCUT2D eigenvalue weighted by Gasteiger charge is 2.13. The van der Waals surface area contributed by atoms with Crippen molar-refractivity contribution in [2.45, 2.75) is 13.5 Å². The molecule has 20 heavy (non-hydrogen) atoms. The molecule has 0 saturated heterocycles. The van der Waals surface area contributed by atoms with E-state index in [2.05, 4.69) is 15.7 Å². The number of nitrogens with one attached hydrogen (secondary N) is 2. The van der Waals surface area contributed by atoms with Crippen molar-refractivity contribution in [3.63, 3.8) is 0 Å². The molecule has 104 valence electrons. The maximum atomic E-state index is 5.32. The van der Waals surface area contributed by atoms with E-state index < -0.39 is 0 Å². The van der Waals surface area contributed by atoms with Crippen LogP contribution in [-0.2, 0) is 6.54 Å². The summed E-state index contributed by atoms with van der Waals surface area (Å²) in [4.78, 5) is 0. The van der Waals surface area contributed by atoms with Gasteiger partial charge >= 0.3 is 0 Å². The van der Waals surface area contributed by atoms with Gasteiger partial charge in [0.1, 0.15) is 0 Å². The molecular formula is C13H14N4O2S. The number of benzene rings is 1. The van der Waals surface area contributed by atoms with Crippen LogP contribution in [0.1, 0.15) is 6.92 Å². The summed E-state index contributed by atoms with van der Waals surface area (Å²) >= 11 is 5.25. The lowest BCUT2D eigenvalue weighted by Crippen LogP contribution is -2.19. The van der Waals surface area contributed by atoms with Crippen molar-refractivity contribution in [1.82, 2.24) is 9.78 Å². The van der Waals surface area contributed by atoms with Crippen molar-refractivity contribution in [2.75, 3.05) is 17.4 Å². The van der Waals surface area contributed by atoms with Crippen molar-refractivity contribution < 1.29 is 9.47 Å². The molecule has 6 nitrogen and oxygen atoms in total. The maximum Gasteiger partial charge on any atom is 0.231 e. The topological polar surface area (TPSA) is 60.3 Å². The van der Waals surface area contributed by atoms with Crippen LogP contribution in [0.15, 0.2) is 30.5 Å². The number of hydrogen-bond donors (Lipinski definition) is 2. The Kier molecular flexibility index (Phi) is 3.42. The van der Waals surface area contributed by atoms with Gasteiger partial charge in [-0.15, -0.1) is 0 Å². The van der Waals surface area contributed by atoms with Crippen LogP contribution in [0.2, 0.25) is 0 Å².